The molecular weight excluding hydrogens is 220 g/mol. The van der Waals surface area contributed by atoms with E-state index in [0.29, 0.717) is 0 Å². The monoisotopic (exact) mass is 234 g/mol. The number of rotatable bonds is 5. The number of hydrogen-bond acceptors (Lipinski definition) is 4. The van der Waals surface area contributed by atoms with Crippen molar-refractivity contribution in [2.45, 2.75) is 17.2 Å². The van der Waals surface area contributed by atoms with Gasteiger partial charge in [0, 0.05) is 17.2 Å². The predicted octanol–water partition coefficient (Wildman–Crippen LogP) is 1.82. The van der Waals surface area contributed by atoms with E-state index in [2.05, 4.69) is 45.0 Å². The van der Waals surface area contributed by atoms with Crippen LogP contribution in [0.25, 0.3) is 0 Å². The second-order valence-electron chi connectivity index (χ2n) is 3.42. The van der Waals surface area contributed by atoms with Crippen molar-refractivity contribution in [2.24, 2.45) is 0 Å². The largest absolute Gasteiger partial charge is 0.316 e. The predicted molar refractivity (Wildman–Crippen MR) is 65.1 cm³/mol. The van der Waals surface area contributed by atoms with Crippen molar-refractivity contribution >= 4 is 11.8 Å². The first kappa shape index (κ1) is 11.2. The van der Waals surface area contributed by atoms with Crippen molar-refractivity contribution in [3.05, 3.63) is 41.7 Å². The Morgan fingerprint density at radius 1 is 1.31 bits per heavy atom. The first-order valence-corrected chi connectivity index (χ1v) is 6.08. The van der Waals surface area contributed by atoms with Gasteiger partial charge < -0.3 is 5.32 Å². The lowest BCUT2D eigenvalue weighted by Gasteiger charge is -2.02. The third-order valence-electron chi connectivity index (χ3n) is 2.16. The van der Waals surface area contributed by atoms with Crippen molar-refractivity contribution < 1.29 is 0 Å². The maximum absolute atomic E-state index is 4.01. The van der Waals surface area contributed by atoms with E-state index in [-0.39, 0.29) is 0 Å². The lowest BCUT2D eigenvalue weighted by molar-refractivity contribution is 0.817. The molecule has 0 aliphatic heterocycles. The molecule has 0 atom stereocenters. The molecule has 2 rings (SSSR count). The van der Waals surface area contributed by atoms with E-state index in [1.165, 1.54) is 10.5 Å². The average molecular weight is 234 g/mol. The average Bonchev–Trinajstić information content (AvgIpc) is 2.82. The summed E-state index contributed by atoms with van der Waals surface area (Å²) in [6.45, 7) is 0.911. The molecule has 0 unspecified atom stereocenters. The summed E-state index contributed by atoms with van der Waals surface area (Å²) >= 11 is 1.76. The summed E-state index contributed by atoms with van der Waals surface area (Å²) in [7, 11) is 1.95. The topological polar surface area (TPSA) is 53.6 Å². The Bertz CT molecular complexity index is 410. The quantitative estimate of drug-likeness (QED) is 0.775. The minimum absolute atomic E-state index is 0.849. The molecule has 0 fully saturated rings. The molecule has 0 saturated heterocycles. The smallest absolute Gasteiger partial charge is 0.0927 e. The van der Waals surface area contributed by atoms with Crippen LogP contribution in [0.4, 0.5) is 0 Å². The second kappa shape index (κ2) is 5.67. The molecular formula is C11H14N4S. The van der Waals surface area contributed by atoms with E-state index in [0.717, 1.165) is 18.0 Å². The van der Waals surface area contributed by atoms with Gasteiger partial charge in [0.05, 0.1) is 11.9 Å². The van der Waals surface area contributed by atoms with E-state index in [1.54, 1.807) is 18.0 Å². The number of nitrogens with one attached hydrogen (secondary N) is 2. The summed E-state index contributed by atoms with van der Waals surface area (Å²) in [6, 6.07) is 8.55. The molecule has 5 heteroatoms. The van der Waals surface area contributed by atoms with E-state index in [1.807, 2.05) is 7.05 Å². The van der Waals surface area contributed by atoms with Crippen molar-refractivity contribution in [3.8, 4) is 0 Å². The number of thioether (sulfide) groups is 1. The van der Waals surface area contributed by atoms with Crippen LogP contribution < -0.4 is 5.32 Å². The van der Waals surface area contributed by atoms with Gasteiger partial charge in [-0.2, -0.15) is 15.4 Å². The molecule has 0 radical (unpaired) electrons. The summed E-state index contributed by atoms with van der Waals surface area (Å²) in [5, 5.41) is 13.5. The minimum Gasteiger partial charge on any atom is -0.316 e. The molecule has 1 aromatic heterocycles. The zero-order chi connectivity index (χ0) is 11.2. The van der Waals surface area contributed by atoms with Crippen molar-refractivity contribution in [1.29, 1.82) is 0 Å². The molecule has 2 N–H and O–H groups in total. The standard InChI is InChI=1S/C11H14N4S/c1-12-6-9-2-4-11(5-3-9)16-8-10-7-13-15-14-10/h2-5,7,12H,6,8H2,1H3,(H,13,14,15). The summed E-state index contributed by atoms with van der Waals surface area (Å²) in [6.07, 6.45) is 1.75. The van der Waals surface area contributed by atoms with Gasteiger partial charge in [-0.05, 0) is 24.7 Å². The normalized spacial score (nSPS) is 10.6. The van der Waals surface area contributed by atoms with Gasteiger partial charge in [-0.15, -0.1) is 11.8 Å². The summed E-state index contributed by atoms with van der Waals surface area (Å²) < 4.78 is 0. The van der Waals surface area contributed by atoms with E-state index in [9.17, 15) is 0 Å². The molecule has 1 aromatic carbocycles. The van der Waals surface area contributed by atoms with Crippen LogP contribution in [0.1, 0.15) is 11.3 Å². The van der Waals surface area contributed by atoms with Gasteiger partial charge in [-0.25, -0.2) is 0 Å². The fraction of sp³-hybridized carbons (Fsp3) is 0.273. The van der Waals surface area contributed by atoms with Crippen LogP contribution >= 0.6 is 11.8 Å². The second-order valence-corrected chi connectivity index (χ2v) is 4.47. The highest BCUT2D eigenvalue weighted by atomic mass is 32.2. The lowest BCUT2D eigenvalue weighted by Crippen LogP contribution is -2.04. The molecule has 84 valence electrons. The van der Waals surface area contributed by atoms with Crippen LogP contribution in [0.15, 0.2) is 35.4 Å². The van der Waals surface area contributed by atoms with Crippen molar-refractivity contribution in [1.82, 2.24) is 20.7 Å². The van der Waals surface area contributed by atoms with Crippen LogP contribution in [0, 0.1) is 0 Å². The fourth-order valence-corrected chi connectivity index (χ4v) is 2.14. The van der Waals surface area contributed by atoms with Crippen LogP contribution in [0.5, 0.6) is 0 Å². The highest BCUT2D eigenvalue weighted by molar-refractivity contribution is 7.98. The molecule has 0 saturated carbocycles. The number of aromatic amines is 1. The number of H-pyrrole nitrogens is 1. The lowest BCUT2D eigenvalue weighted by atomic mass is 10.2. The van der Waals surface area contributed by atoms with Gasteiger partial charge in [-0.1, -0.05) is 12.1 Å². The van der Waals surface area contributed by atoms with Crippen LogP contribution in [-0.4, -0.2) is 22.5 Å². The van der Waals surface area contributed by atoms with Gasteiger partial charge in [0.25, 0.3) is 0 Å². The van der Waals surface area contributed by atoms with Crippen LogP contribution in [0.3, 0.4) is 0 Å². The van der Waals surface area contributed by atoms with Gasteiger partial charge in [0.2, 0.25) is 0 Å². The van der Waals surface area contributed by atoms with Gasteiger partial charge in [-0.3, -0.25) is 0 Å². The fourth-order valence-electron chi connectivity index (χ4n) is 1.36. The molecule has 0 amide bonds. The van der Waals surface area contributed by atoms with E-state index >= 15 is 0 Å². The van der Waals surface area contributed by atoms with Gasteiger partial charge in [0.1, 0.15) is 0 Å². The Kier molecular flexibility index (Phi) is 3.96. The molecule has 0 aliphatic rings. The maximum Gasteiger partial charge on any atom is 0.0927 e. The van der Waals surface area contributed by atoms with Gasteiger partial charge in [0.15, 0.2) is 0 Å². The zero-order valence-electron chi connectivity index (χ0n) is 9.10. The van der Waals surface area contributed by atoms with E-state index in [4.69, 9.17) is 0 Å². The number of hydrogen-bond donors (Lipinski definition) is 2. The molecule has 2 aromatic rings. The van der Waals surface area contributed by atoms with Crippen LogP contribution in [-0.2, 0) is 12.3 Å². The Morgan fingerprint density at radius 2 is 2.12 bits per heavy atom. The van der Waals surface area contributed by atoms with Crippen molar-refractivity contribution in [3.63, 3.8) is 0 Å². The highest BCUT2D eigenvalue weighted by Crippen LogP contribution is 2.21. The first-order chi connectivity index (χ1) is 7.88. The highest BCUT2D eigenvalue weighted by Gasteiger charge is 1.98. The Labute approximate surface area is 98.8 Å². The Hall–Kier alpha value is -1.33. The van der Waals surface area contributed by atoms with Crippen molar-refractivity contribution in [2.75, 3.05) is 7.05 Å². The molecule has 0 aliphatic carbocycles. The van der Waals surface area contributed by atoms with Gasteiger partial charge >= 0.3 is 0 Å². The van der Waals surface area contributed by atoms with E-state index < -0.39 is 0 Å². The number of aromatic nitrogens is 3. The molecule has 4 nitrogen and oxygen atoms in total. The molecule has 1 heterocycles. The third-order valence-corrected chi connectivity index (χ3v) is 3.20. The summed E-state index contributed by atoms with van der Waals surface area (Å²) in [5.41, 5.74) is 2.28. The summed E-state index contributed by atoms with van der Waals surface area (Å²) in [5.74, 6) is 0.849. The molecule has 0 bridgehead atoms. The third kappa shape index (κ3) is 3.08. The minimum atomic E-state index is 0.849. The number of nitrogens with zero attached hydrogens (tertiary/aromatic N) is 2. The maximum atomic E-state index is 4.01. The Morgan fingerprint density at radius 3 is 2.75 bits per heavy atom. The summed E-state index contributed by atoms with van der Waals surface area (Å²) in [4.78, 5) is 1.25. The van der Waals surface area contributed by atoms with Crippen LogP contribution in [0.2, 0.25) is 0 Å². The molecule has 16 heavy (non-hydrogen) atoms. The number of benzene rings is 1. The molecule has 0 spiro atoms. The Balaban J connectivity index is 1.90. The first-order valence-electron chi connectivity index (χ1n) is 5.09. The zero-order valence-corrected chi connectivity index (χ0v) is 9.92. The SMILES string of the molecule is CNCc1ccc(SCc2cn[nH]n2)cc1.